The van der Waals surface area contributed by atoms with Crippen molar-refractivity contribution in [3.05, 3.63) is 29.8 Å². The number of carbonyl (C=O) groups is 1. The Hall–Kier alpha value is -1.44. The van der Waals surface area contributed by atoms with E-state index in [0.29, 0.717) is 37.4 Å². The van der Waals surface area contributed by atoms with Crippen LogP contribution in [0, 0.1) is 12.8 Å². The number of hydrogen-bond donors (Lipinski definition) is 1. The number of amides is 1. The number of hydrogen-bond acceptors (Lipinski definition) is 4. The van der Waals surface area contributed by atoms with Gasteiger partial charge in [-0.3, -0.25) is 4.79 Å². The number of benzene rings is 1. The monoisotopic (exact) mass is 353 g/mol. The topological polar surface area (TPSA) is 69.7 Å². The molecule has 1 aromatic carbocycles. The highest BCUT2D eigenvalue weighted by atomic mass is 32.2. The quantitative estimate of drug-likeness (QED) is 0.831. The molecule has 134 valence electrons. The highest BCUT2D eigenvalue weighted by Gasteiger charge is 2.31. The van der Waals surface area contributed by atoms with Crippen LogP contribution in [-0.4, -0.2) is 63.8 Å². The predicted octanol–water partition coefficient (Wildman–Crippen LogP) is 1.07. The minimum atomic E-state index is -3.47. The van der Waals surface area contributed by atoms with Gasteiger partial charge in [0, 0.05) is 32.1 Å². The van der Waals surface area contributed by atoms with E-state index in [-0.39, 0.29) is 11.8 Å². The Morgan fingerprint density at radius 3 is 2.54 bits per heavy atom. The summed E-state index contributed by atoms with van der Waals surface area (Å²) >= 11 is 0. The van der Waals surface area contributed by atoms with Gasteiger partial charge in [-0.1, -0.05) is 12.1 Å². The van der Waals surface area contributed by atoms with E-state index in [1.165, 1.54) is 4.31 Å². The van der Waals surface area contributed by atoms with E-state index < -0.39 is 10.0 Å². The fourth-order valence-corrected chi connectivity index (χ4v) is 4.41. The van der Waals surface area contributed by atoms with Gasteiger partial charge in [0.25, 0.3) is 0 Å². The largest absolute Gasteiger partial charge is 0.355 e. The van der Waals surface area contributed by atoms with Gasteiger partial charge in [0.05, 0.1) is 4.90 Å². The molecule has 6 nitrogen and oxygen atoms in total. The molecule has 0 radical (unpaired) electrons. The second-order valence-corrected chi connectivity index (χ2v) is 8.53. The smallest absolute Gasteiger partial charge is 0.243 e. The first-order valence-electron chi connectivity index (χ1n) is 8.30. The lowest BCUT2D eigenvalue weighted by molar-refractivity contribution is -0.126. The number of rotatable bonds is 6. The highest BCUT2D eigenvalue weighted by molar-refractivity contribution is 7.89. The molecular weight excluding hydrogens is 326 g/mol. The van der Waals surface area contributed by atoms with E-state index in [0.717, 1.165) is 12.1 Å². The Bertz CT molecular complexity index is 665. The number of aryl methyl sites for hydroxylation is 1. The average molecular weight is 353 g/mol. The Kier molecular flexibility index (Phi) is 6.37. The summed E-state index contributed by atoms with van der Waals surface area (Å²) in [6.07, 6.45) is 1.14. The summed E-state index contributed by atoms with van der Waals surface area (Å²) in [7, 11) is 0.451. The zero-order chi connectivity index (χ0) is 17.7. The summed E-state index contributed by atoms with van der Waals surface area (Å²) in [6.45, 7) is 4.08. The summed E-state index contributed by atoms with van der Waals surface area (Å²) in [5.74, 6) is -0.0689. The fourth-order valence-electron chi connectivity index (χ4n) is 2.83. The zero-order valence-corrected chi connectivity index (χ0v) is 15.5. The van der Waals surface area contributed by atoms with Gasteiger partial charge in [-0.05, 0) is 51.6 Å². The van der Waals surface area contributed by atoms with Crippen LogP contribution >= 0.6 is 0 Å². The van der Waals surface area contributed by atoms with E-state index in [2.05, 4.69) is 5.32 Å². The molecule has 1 fully saturated rings. The van der Waals surface area contributed by atoms with Gasteiger partial charge in [-0.2, -0.15) is 4.31 Å². The average Bonchev–Trinajstić information content (AvgIpc) is 2.54. The van der Waals surface area contributed by atoms with Crippen LogP contribution in [0.25, 0.3) is 0 Å². The maximum Gasteiger partial charge on any atom is 0.243 e. The van der Waals surface area contributed by atoms with Crippen LogP contribution in [0.1, 0.15) is 18.4 Å². The van der Waals surface area contributed by atoms with Gasteiger partial charge < -0.3 is 10.2 Å². The van der Waals surface area contributed by atoms with E-state index >= 15 is 0 Å². The Morgan fingerprint density at radius 2 is 1.96 bits per heavy atom. The molecule has 1 N–H and O–H groups in total. The second kappa shape index (κ2) is 8.09. The van der Waals surface area contributed by atoms with Gasteiger partial charge in [-0.25, -0.2) is 8.42 Å². The third-order valence-electron chi connectivity index (χ3n) is 4.31. The molecule has 7 heteroatoms. The van der Waals surface area contributed by atoms with Crippen LogP contribution in [0.5, 0.6) is 0 Å². The van der Waals surface area contributed by atoms with Crippen molar-refractivity contribution >= 4 is 15.9 Å². The van der Waals surface area contributed by atoms with Gasteiger partial charge in [-0.15, -0.1) is 0 Å². The standard InChI is InChI=1S/C17H27N3O3S/c1-14-5-4-6-16(13-14)24(22,23)20-10-7-15(8-11-20)17(21)18-9-12-19(2)3/h4-6,13,15H,7-12H2,1-3H3,(H,18,21). The van der Waals surface area contributed by atoms with Crippen LogP contribution in [0.3, 0.4) is 0 Å². The summed E-state index contributed by atoms with van der Waals surface area (Å²) in [6, 6.07) is 6.95. The molecule has 0 saturated carbocycles. The molecule has 0 aliphatic carbocycles. The van der Waals surface area contributed by atoms with Crippen molar-refractivity contribution in [3.8, 4) is 0 Å². The number of piperidine rings is 1. The van der Waals surface area contributed by atoms with Gasteiger partial charge in [0.15, 0.2) is 0 Å². The van der Waals surface area contributed by atoms with Crippen molar-refractivity contribution in [2.75, 3.05) is 40.3 Å². The lowest BCUT2D eigenvalue weighted by Gasteiger charge is -2.30. The minimum absolute atomic E-state index is 0.0319. The molecule has 1 aliphatic heterocycles. The summed E-state index contributed by atoms with van der Waals surface area (Å²) in [5, 5.41) is 2.93. The van der Waals surface area contributed by atoms with Crippen LogP contribution in [0.15, 0.2) is 29.2 Å². The lowest BCUT2D eigenvalue weighted by Crippen LogP contribution is -2.43. The Balaban J connectivity index is 1.91. The van der Waals surface area contributed by atoms with Crippen LogP contribution in [0.4, 0.5) is 0 Å². The third-order valence-corrected chi connectivity index (χ3v) is 6.20. The molecule has 0 unspecified atom stereocenters. The maximum atomic E-state index is 12.7. The highest BCUT2D eigenvalue weighted by Crippen LogP contribution is 2.24. The molecule has 1 aliphatic rings. The SMILES string of the molecule is Cc1cccc(S(=O)(=O)N2CCC(C(=O)NCCN(C)C)CC2)c1. The molecule has 2 rings (SSSR count). The van der Waals surface area contributed by atoms with E-state index in [9.17, 15) is 13.2 Å². The molecule has 0 bridgehead atoms. The number of sulfonamides is 1. The molecule has 1 heterocycles. The second-order valence-electron chi connectivity index (χ2n) is 6.59. The minimum Gasteiger partial charge on any atom is -0.355 e. The molecule has 24 heavy (non-hydrogen) atoms. The van der Waals surface area contributed by atoms with E-state index in [1.54, 1.807) is 18.2 Å². The first-order valence-corrected chi connectivity index (χ1v) is 9.74. The fraction of sp³-hybridized carbons (Fsp3) is 0.588. The summed E-state index contributed by atoms with van der Waals surface area (Å²) in [5.41, 5.74) is 0.922. The van der Waals surface area contributed by atoms with Gasteiger partial charge >= 0.3 is 0 Å². The first kappa shape index (κ1) is 18.9. The van der Waals surface area contributed by atoms with Crippen molar-refractivity contribution in [1.29, 1.82) is 0 Å². The van der Waals surface area contributed by atoms with Crippen LogP contribution in [-0.2, 0) is 14.8 Å². The molecular formula is C17H27N3O3S. The van der Waals surface area contributed by atoms with Crippen molar-refractivity contribution in [2.24, 2.45) is 5.92 Å². The Labute approximate surface area is 144 Å². The first-order chi connectivity index (χ1) is 11.3. The predicted molar refractivity (Wildman–Crippen MR) is 94.2 cm³/mol. The van der Waals surface area contributed by atoms with Crippen molar-refractivity contribution in [1.82, 2.24) is 14.5 Å². The molecule has 0 spiro atoms. The third kappa shape index (κ3) is 4.78. The number of likely N-dealkylation sites (N-methyl/N-ethyl adjacent to an activating group) is 1. The molecule has 1 saturated heterocycles. The van der Waals surface area contributed by atoms with Crippen molar-refractivity contribution in [2.45, 2.75) is 24.7 Å². The lowest BCUT2D eigenvalue weighted by atomic mass is 9.97. The molecule has 1 aromatic rings. The van der Waals surface area contributed by atoms with Crippen LogP contribution in [0.2, 0.25) is 0 Å². The van der Waals surface area contributed by atoms with Crippen molar-refractivity contribution < 1.29 is 13.2 Å². The number of nitrogens with one attached hydrogen (secondary N) is 1. The van der Waals surface area contributed by atoms with E-state index in [1.807, 2.05) is 32.0 Å². The zero-order valence-electron chi connectivity index (χ0n) is 14.7. The number of nitrogens with zero attached hydrogens (tertiary/aromatic N) is 2. The molecule has 1 amide bonds. The van der Waals surface area contributed by atoms with Crippen LogP contribution < -0.4 is 5.32 Å². The Morgan fingerprint density at radius 1 is 1.29 bits per heavy atom. The maximum absolute atomic E-state index is 12.7. The summed E-state index contributed by atoms with van der Waals surface area (Å²) < 4.78 is 26.9. The van der Waals surface area contributed by atoms with Gasteiger partial charge in [0.2, 0.25) is 15.9 Å². The molecule has 0 aromatic heterocycles. The van der Waals surface area contributed by atoms with Crippen molar-refractivity contribution in [3.63, 3.8) is 0 Å². The number of carbonyl (C=O) groups excluding carboxylic acids is 1. The van der Waals surface area contributed by atoms with Gasteiger partial charge in [0.1, 0.15) is 0 Å². The van der Waals surface area contributed by atoms with E-state index in [4.69, 9.17) is 0 Å². The molecule has 0 atom stereocenters. The summed E-state index contributed by atoms with van der Waals surface area (Å²) in [4.78, 5) is 14.5. The normalized spacial score (nSPS) is 17.2.